The first-order valence-electron chi connectivity index (χ1n) is 4.41. The maximum absolute atomic E-state index is 12.6. The third kappa shape index (κ3) is 2.26. The number of rotatable bonds is 3. The van der Waals surface area contributed by atoms with Crippen LogP contribution in [-0.4, -0.2) is 24.3 Å². The fraction of sp³-hybridized carbons (Fsp3) is 0.111. The van der Waals surface area contributed by atoms with Crippen molar-refractivity contribution in [1.82, 2.24) is 14.8 Å². The van der Waals surface area contributed by atoms with Crippen molar-refractivity contribution in [2.45, 2.75) is 6.17 Å². The molecule has 0 unspecified atom stereocenters. The Balaban J connectivity index is 1.95. The second-order valence-corrected chi connectivity index (χ2v) is 4.80. The molecule has 14 heavy (non-hydrogen) atoms. The molecule has 0 aliphatic rings. The lowest BCUT2D eigenvalue weighted by molar-refractivity contribution is 0.628. The standard InChI is InChI=1S/C9H10FN3Si/c10-8-1-3-9(4-2-8)14-7-13-6-11-5-12-13/h1-6H,7,14H2. The minimum atomic E-state index is -0.403. The summed E-state index contributed by atoms with van der Waals surface area (Å²) in [5.41, 5.74) is 0. The third-order valence-corrected chi connectivity index (χ3v) is 3.74. The zero-order valence-corrected chi connectivity index (χ0v) is 9.01. The first kappa shape index (κ1) is 9.08. The normalized spacial score (nSPS) is 11.2. The van der Waals surface area contributed by atoms with E-state index in [1.54, 1.807) is 6.33 Å². The van der Waals surface area contributed by atoms with Crippen molar-refractivity contribution in [3.05, 3.63) is 42.7 Å². The van der Waals surface area contributed by atoms with Crippen LogP contribution in [0.3, 0.4) is 0 Å². The van der Waals surface area contributed by atoms with Crippen LogP contribution in [0.25, 0.3) is 0 Å². The topological polar surface area (TPSA) is 30.7 Å². The van der Waals surface area contributed by atoms with Crippen LogP contribution in [-0.2, 0) is 6.17 Å². The molecule has 0 aliphatic heterocycles. The van der Waals surface area contributed by atoms with Gasteiger partial charge in [0.1, 0.15) is 18.5 Å². The van der Waals surface area contributed by atoms with Crippen LogP contribution in [0.2, 0.25) is 0 Å². The van der Waals surface area contributed by atoms with Crippen LogP contribution < -0.4 is 5.19 Å². The third-order valence-electron chi connectivity index (χ3n) is 2.01. The molecule has 0 spiro atoms. The van der Waals surface area contributed by atoms with Crippen molar-refractivity contribution >= 4 is 14.7 Å². The molecule has 0 saturated heterocycles. The van der Waals surface area contributed by atoms with E-state index in [0.29, 0.717) is 0 Å². The van der Waals surface area contributed by atoms with E-state index in [2.05, 4.69) is 10.1 Å². The van der Waals surface area contributed by atoms with Crippen molar-refractivity contribution < 1.29 is 4.39 Å². The van der Waals surface area contributed by atoms with Crippen LogP contribution in [0, 0.1) is 5.82 Å². The molecule has 1 aromatic heterocycles. The van der Waals surface area contributed by atoms with Crippen molar-refractivity contribution in [2.24, 2.45) is 0 Å². The summed E-state index contributed by atoms with van der Waals surface area (Å²) in [5, 5.41) is 5.25. The summed E-state index contributed by atoms with van der Waals surface area (Å²) in [6, 6.07) is 6.70. The number of benzene rings is 1. The van der Waals surface area contributed by atoms with Crippen molar-refractivity contribution in [2.75, 3.05) is 0 Å². The molecule has 1 heterocycles. The van der Waals surface area contributed by atoms with Crippen molar-refractivity contribution in [3.8, 4) is 0 Å². The van der Waals surface area contributed by atoms with E-state index in [9.17, 15) is 4.39 Å². The summed E-state index contributed by atoms with van der Waals surface area (Å²) in [5.74, 6) is -0.177. The lowest BCUT2D eigenvalue weighted by Crippen LogP contribution is -2.20. The van der Waals surface area contributed by atoms with E-state index < -0.39 is 9.52 Å². The average Bonchev–Trinajstić information content (AvgIpc) is 2.70. The lowest BCUT2D eigenvalue weighted by atomic mass is 10.3. The summed E-state index contributed by atoms with van der Waals surface area (Å²) < 4.78 is 14.4. The van der Waals surface area contributed by atoms with E-state index in [4.69, 9.17) is 0 Å². The fourth-order valence-electron chi connectivity index (χ4n) is 1.24. The van der Waals surface area contributed by atoms with Gasteiger partial charge in [-0.3, -0.25) is 4.68 Å². The monoisotopic (exact) mass is 207 g/mol. The zero-order valence-electron chi connectivity index (χ0n) is 7.60. The molecule has 72 valence electrons. The predicted molar refractivity (Wildman–Crippen MR) is 54.6 cm³/mol. The van der Waals surface area contributed by atoms with Crippen LogP contribution in [0.1, 0.15) is 0 Å². The molecule has 0 radical (unpaired) electrons. The molecule has 0 saturated carbocycles. The second-order valence-electron chi connectivity index (χ2n) is 3.04. The number of aromatic nitrogens is 3. The Hall–Kier alpha value is -1.49. The molecule has 1 aromatic carbocycles. The molecule has 3 nitrogen and oxygen atoms in total. The number of halogens is 1. The lowest BCUT2D eigenvalue weighted by Gasteiger charge is -1.99. The van der Waals surface area contributed by atoms with Crippen LogP contribution in [0.15, 0.2) is 36.9 Å². The van der Waals surface area contributed by atoms with E-state index in [1.165, 1.54) is 23.6 Å². The number of hydrogen-bond acceptors (Lipinski definition) is 2. The Bertz CT molecular complexity index is 385. The Kier molecular flexibility index (Phi) is 2.69. The maximum atomic E-state index is 12.6. The molecule has 0 bridgehead atoms. The average molecular weight is 207 g/mol. The first-order chi connectivity index (χ1) is 6.84. The fourth-order valence-corrected chi connectivity index (χ4v) is 2.53. The smallest absolute Gasteiger partial charge is 0.137 e. The molecule has 0 aliphatic carbocycles. The Morgan fingerprint density at radius 3 is 2.71 bits per heavy atom. The largest absolute Gasteiger partial charge is 0.256 e. The van der Waals surface area contributed by atoms with Gasteiger partial charge in [-0.15, -0.1) is 0 Å². The van der Waals surface area contributed by atoms with Crippen molar-refractivity contribution in [1.29, 1.82) is 0 Å². The summed E-state index contributed by atoms with van der Waals surface area (Å²) in [6.45, 7) is 0. The van der Waals surface area contributed by atoms with Gasteiger partial charge < -0.3 is 0 Å². The summed E-state index contributed by atoms with van der Waals surface area (Å²) in [6.07, 6.45) is 4.14. The molecule has 0 N–H and O–H groups in total. The maximum Gasteiger partial charge on any atom is 0.137 e. The molecule has 0 amide bonds. The number of nitrogens with zero attached hydrogens (tertiary/aromatic N) is 3. The van der Waals surface area contributed by atoms with Gasteiger partial charge in [-0.2, -0.15) is 5.10 Å². The quantitative estimate of drug-likeness (QED) is 0.656. The van der Waals surface area contributed by atoms with Gasteiger partial charge in [-0.05, 0) is 12.1 Å². The highest BCUT2D eigenvalue weighted by molar-refractivity contribution is 6.52. The Morgan fingerprint density at radius 1 is 1.29 bits per heavy atom. The summed E-state index contributed by atoms with van der Waals surface area (Å²) >= 11 is 0. The molecule has 2 aromatic rings. The molecular formula is C9H10FN3Si. The van der Waals surface area contributed by atoms with E-state index >= 15 is 0 Å². The van der Waals surface area contributed by atoms with Gasteiger partial charge in [0.25, 0.3) is 0 Å². The first-order valence-corrected chi connectivity index (χ1v) is 6.12. The van der Waals surface area contributed by atoms with E-state index in [0.717, 1.165) is 6.17 Å². The Labute approximate surface area is 83.4 Å². The van der Waals surface area contributed by atoms with Crippen LogP contribution in [0.5, 0.6) is 0 Å². The van der Waals surface area contributed by atoms with Crippen LogP contribution in [0.4, 0.5) is 4.39 Å². The van der Waals surface area contributed by atoms with Gasteiger partial charge in [0.05, 0.1) is 9.52 Å². The van der Waals surface area contributed by atoms with Gasteiger partial charge in [-0.1, -0.05) is 17.3 Å². The molecule has 0 atom stereocenters. The van der Waals surface area contributed by atoms with E-state index in [-0.39, 0.29) is 5.82 Å². The van der Waals surface area contributed by atoms with Gasteiger partial charge in [0.15, 0.2) is 0 Å². The highest BCUT2D eigenvalue weighted by atomic mass is 28.2. The van der Waals surface area contributed by atoms with Gasteiger partial charge in [0.2, 0.25) is 0 Å². The summed E-state index contributed by atoms with van der Waals surface area (Å²) in [4.78, 5) is 3.86. The van der Waals surface area contributed by atoms with Crippen LogP contribution >= 0.6 is 0 Å². The minimum absolute atomic E-state index is 0.177. The van der Waals surface area contributed by atoms with Gasteiger partial charge in [-0.25, -0.2) is 9.37 Å². The van der Waals surface area contributed by atoms with E-state index in [1.807, 2.05) is 16.8 Å². The molecule has 0 fully saturated rings. The highest BCUT2D eigenvalue weighted by Gasteiger charge is 1.96. The predicted octanol–water partition coefficient (Wildman–Crippen LogP) is -0.131. The minimum Gasteiger partial charge on any atom is -0.256 e. The zero-order chi connectivity index (χ0) is 9.80. The SMILES string of the molecule is Fc1ccc([SiH2]Cn2cncn2)cc1. The second kappa shape index (κ2) is 4.14. The molecule has 5 heteroatoms. The Morgan fingerprint density at radius 2 is 2.07 bits per heavy atom. The summed E-state index contributed by atoms with van der Waals surface area (Å²) in [7, 11) is -0.403. The molecular weight excluding hydrogens is 197 g/mol. The highest BCUT2D eigenvalue weighted by Crippen LogP contribution is 1.92. The molecule has 2 rings (SSSR count). The van der Waals surface area contributed by atoms with Crippen molar-refractivity contribution in [3.63, 3.8) is 0 Å². The van der Waals surface area contributed by atoms with Gasteiger partial charge in [0, 0.05) is 6.17 Å². The van der Waals surface area contributed by atoms with Gasteiger partial charge >= 0.3 is 0 Å². The number of hydrogen-bond donors (Lipinski definition) is 0.